The number of ether oxygens (including phenoxy) is 1. The molecule has 0 bridgehead atoms. The summed E-state index contributed by atoms with van der Waals surface area (Å²) in [6.45, 7) is 0.508. The molecule has 4 rings (SSSR count). The number of carbonyl (C=O) groups excluding carboxylic acids is 2. The maximum Gasteiger partial charge on any atom is 0.267 e. The number of nitrogens with one attached hydrogen (secondary N) is 1. The zero-order valence-corrected chi connectivity index (χ0v) is 15.6. The van der Waals surface area contributed by atoms with Crippen LogP contribution in [0.5, 0.6) is 11.5 Å². The number of halogens is 1. The van der Waals surface area contributed by atoms with Gasteiger partial charge in [-0.3, -0.25) is 9.59 Å². The molecule has 2 amide bonds. The predicted octanol–water partition coefficient (Wildman–Crippen LogP) is 2.77. The highest BCUT2D eigenvalue weighted by Crippen LogP contribution is 2.26. The lowest BCUT2D eigenvalue weighted by Crippen LogP contribution is -2.18. The van der Waals surface area contributed by atoms with Crippen LogP contribution < -0.4 is 15.8 Å². The van der Waals surface area contributed by atoms with Gasteiger partial charge in [-0.05, 0) is 48.5 Å². The molecule has 3 aromatic rings. The summed E-state index contributed by atoms with van der Waals surface area (Å²) in [5.41, 5.74) is 6.30. The van der Waals surface area contributed by atoms with Crippen molar-refractivity contribution < 1.29 is 18.7 Å². The highest BCUT2D eigenvalue weighted by Gasteiger charge is 2.19. The minimum atomic E-state index is -0.729. The Balaban J connectivity index is 1.63. The molecule has 0 atom stereocenters. The number of carbonyl (C=O) groups is 2. The Morgan fingerprint density at radius 3 is 2.33 bits per heavy atom. The number of aromatic nitrogens is 2. The Kier molecular flexibility index (Phi) is 5.17. The van der Waals surface area contributed by atoms with Crippen LogP contribution in [-0.4, -0.2) is 34.0 Å². The summed E-state index contributed by atoms with van der Waals surface area (Å²) in [4.78, 5) is 36.2. The number of aliphatic imine (C=N–C) groups is 1. The van der Waals surface area contributed by atoms with Gasteiger partial charge in [-0.25, -0.2) is 19.4 Å². The van der Waals surface area contributed by atoms with E-state index in [1.54, 1.807) is 24.3 Å². The van der Waals surface area contributed by atoms with Gasteiger partial charge >= 0.3 is 0 Å². The van der Waals surface area contributed by atoms with Gasteiger partial charge in [-0.1, -0.05) is 0 Å². The molecule has 8 nitrogen and oxygen atoms in total. The van der Waals surface area contributed by atoms with E-state index in [9.17, 15) is 14.0 Å². The second-order valence-corrected chi connectivity index (χ2v) is 6.44. The van der Waals surface area contributed by atoms with Crippen molar-refractivity contribution in [2.75, 3.05) is 6.54 Å². The fraction of sp³-hybridized carbons (Fsp3) is 0.0952. The first kappa shape index (κ1) is 19.2. The van der Waals surface area contributed by atoms with Crippen molar-refractivity contribution in [3.63, 3.8) is 0 Å². The minimum absolute atomic E-state index is 0.00982. The average molecular weight is 405 g/mol. The fourth-order valence-corrected chi connectivity index (χ4v) is 2.81. The molecule has 0 radical (unpaired) electrons. The molecular weight excluding hydrogens is 389 g/mol. The molecule has 1 saturated heterocycles. The van der Waals surface area contributed by atoms with Crippen LogP contribution in [0.4, 0.5) is 10.2 Å². The van der Waals surface area contributed by atoms with E-state index >= 15 is 0 Å². The first-order valence-corrected chi connectivity index (χ1v) is 9.06. The maximum atomic E-state index is 13.0. The van der Waals surface area contributed by atoms with E-state index in [0.29, 0.717) is 35.7 Å². The molecule has 1 aromatic heterocycles. The van der Waals surface area contributed by atoms with Gasteiger partial charge in [0.2, 0.25) is 0 Å². The Morgan fingerprint density at radius 2 is 1.73 bits per heavy atom. The van der Waals surface area contributed by atoms with Gasteiger partial charge in [-0.15, -0.1) is 0 Å². The number of nitrogens with zero attached hydrogens (tertiary/aromatic N) is 3. The maximum absolute atomic E-state index is 13.0. The molecule has 150 valence electrons. The number of amides is 2. The van der Waals surface area contributed by atoms with E-state index in [0.717, 1.165) is 0 Å². The van der Waals surface area contributed by atoms with Crippen molar-refractivity contribution in [2.24, 2.45) is 10.7 Å². The highest BCUT2D eigenvalue weighted by atomic mass is 19.1. The smallest absolute Gasteiger partial charge is 0.267 e. The molecule has 0 spiro atoms. The van der Waals surface area contributed by atoms with Crippen molar-refractivity contribution >= 4 is 23.3 Å². The van der Waals surface area contributed by atoms with Gasteiger partial charge in [0.1, 0.15) is 28.7 Å². The number of nitrogens with two attached hydrogens (primary N) is 1. The standard InChI is InChI=1S/C21H16FN5O3/c22-13-3-7-15(8-4-13)30-14-5-1-12(2-6-14)20-26-17(19(23)28)11-18(27-20)25-16-9-10-24-21(16)29/h1-8,11H,9-10H2,(H2,23,28)(H,24,29)/b25-16-. The number of hydrogen-bond donors (Lipinski definition) is 2. The average Bonchev–Trinajstić information content (AvgIpc) is 3.14. The van der Waals surface area contributed by atoms with Crippen LogP contribution in [0, 0.1) is 5.82 Å². The second kappa shape index (κ2) is 8.08. The third kappa shape index (κ3) is 4.30. The molecule has 30 heavy (non-hydrogen) atoms. The van der Waals surface area contributed by atoms with E-state index in [-0.39, 0.29) is 29.1 Å². The molecule has 3 N–H and O–H groups in total. The first-order chi connectivity index (χ1) is 14.5. The molecule has 1 aliphatic heterocycles. The lowest BCUT2D eigenvalue weighted by atomic mass is 10.2. The van der Waals surface area contributed by atoms with Crippen LogP contribution in [0.15, 0.2) is 59.6 Å². The second-order valence-electron chi connectivity index (χ2n) is 6.44. The molecule has 1 aliphatic rings. The SMILES string of the molecule is NC(=O)c1cc(/N=C2/CCNC2=O)nc(-c2ccc(Oc3ccc(F)cc3)cc2)n1. The molecule has 0 aliphatic carbocycles. The summed E-state index contributed by atoms with van der Waals surface area (Å²) >= 11 is 0. The van der Waals surface area contributed by atoms with Gasteiger partial charge in [0.15, 0.2) is 11.6 Å². The van der Waals surface area contributed by atoms with Crippen molar-refractivity contribution in [3.05, 3.63) is 66.1 Å². The van der Waals surface area contributed by atoms with Gasteiger partial charge in [0.05, 0.1) is 0 Å². The summed E-state index contributed by atoms with van der Waals surface area (Å²) < 4.78 is 18.7. The summed E-state index contributed by atoms with van der Waals surface area (Å²) in [5, 5.41) is 2.66. The summed E-state index contributed by atoms with van der Waals surface area (Å²) in [6, 6.07) is 13.8. The molecule has 0 saturated carbocycles. The van der Waals surface area contributed by atoms with Gasteiger partial charge in [-0.2, -0.15) is 0 Å². The molecular formula is C21H16FN5O3. The van der Waals surface area contributed by atoms with Crippen LogP contribution in [0.25, 0.3) is 11.4 Å². The van der Waals surface area contributed by atoms with E-state index in [4.69, 9.17) is 10.5 Å². The molecule has 9 heteroatoms. The van der Waals surface area contributed by atoms with E-state index < -0.39 is 5.91 Å². The Hall–Kier alpha value is -4.14. The molecule has 2 aromatic carbocycles. The van der Waals surface area contributed by atoms with Gasteiger partial charge < -0.3 is 15.8 Å². The summed E-state index contributed by atoms with van der Waals surface area (Å²) in [7, 11) is 0. The van der Waals surface area contributed by atoms with Crippen LogP contribution >= 0.6 is 0 Å². The van der Waals surface area contributed by atoms with E-state index in [1.807, 2.05) is 0 Å². The molecule has 2 heterocycles. The quantitative estimate of drug-likeness (QED) is 0.676. The molecule has 1 fully saturated rings. The first-order valence-electron chi connectivity index (χ1n) is 9.06. The predicted molar refractivity (Wildman–Crippen MR) is 107 cm³/mol. The van der Waals surface area contributed by atoms with Crippen molar-refractivity contribution in [2.45, 2.75) is 6.42 Å². The van der Waals surface area contributed by atoms with Crippen LogP contribution in [0.3, 0.4) is 0 Å². The summed E-state index contributed by atoms with van der Waals surface area (Å²) in [6.07, 6.45) is 0.472. The monoisotopic (exact) mass is 405 g/mol. The largest absolute Gasteiger partial charge is 0.457 e. The lowest BCUT2D eigenvalue weighted by molar-refractivity contribution is -0.113. The van der Waals surface area contributed by atoms with Crippen molar-refractivity contribution in [1.82, 2.24) is 15.3 Å². The third-order valence-electron chi connectivity index (χ3n) is 4.29. The number of benzene rings is 2. The van der Waals surface area contributed by atoms with Crippen molar-refractivity contribution in [3.8, 4) is 22.9 Å². The Morgan fingerprint density at radius 1 is 1.07 bits per heavy atom. The molecule has 0 unspecified atom stereocenters. The normalized spacial score (nSPS) is 14.6. The number of primary amides is 1. The highest BCUT2D eigenvalue weighted by molar-refractivity contribution is 6.41. The zero-order valence-electron chi connectivity index (χ0n) is 15.6. The van der Waals surface area contributed by atoms with Gasteiger partial charge in [0, 0.05) is 24.6 Å². The third-order valence-corrected chi connectivity index (χ3v) is 4.29. The fourth-order valence-electron chi connectivity index (χ4n) is 2.81. The minimum Gasteiger partial charge on any atom is -0.457 e. The number of rotatable bonds is 5. The van der Waals surface area contributed by atoms with Crippen LogP contribution in [0.2, 0.25) is 0 Å². The van der Waals surface area contributed by atoms with Crippen molar-refractivity contribution in [1.29, 1.82) is 0 Å². The van der Waals surface area contributed by atoms with Crippen LogP contribution in [0.1, 0.15) is 16.9 Å². The Bertz CT molecular complexity index is 1140. The van der Waals surface area contributed by atoms with E-state index in [2.05, 4.69) is 20.3 Å². The van der Waals surface area contributed by atoms with Gasteiger partial charge in [0.25, 0.3) is 11.8 Å². The summed E-state index contributed by atoms with van der Waals surface area (Å²) in [5.74, 6) is 0.0809. The van der Waals surface area contributed by atoms with E-state index in [1.165, 1.54) is 30.3 Å². The number of hydrogen-bond acceptors (Lipinski definition) is 6. The topological polar surface area (TPSA) is 120 Å². The van der Waals surface area contributed by atoms with Crippen LogP contribution in [-0.2, 0) is 4.79 Å². The Labute approximate surface area is 170 Å². The zero-order chi connectivity index (χ0) is 21.1. The lowest BCUT2D eigenvalue weighted by Gasteiger charge is -2.08.